The van der Waals surface area contributed by atoms with E-state index >= 15 is 0 Å². The number of nitrogens with zero attached hydrogens (tertiary/aromatic N) is 5. The van der Waals surface area contributed by atoms with Gasteiger partial charge >= 0.3 is 0 Å². The number of rotatable bonds is 14. The SMILES string of the molecule is CCCCNc1ncc2c(-c3ccc(S(=O)(=O)N(C)c4ccc(C(=O)NCCCOC)cc4)cc3)nn([C@H]3CC[C@@H](O)CC3)c2n1. The number of unbranched alkanes of at least 4 members (excludes halogenated alkanes) is 1. The average molecular weight is 650 g/mol. The fraction of sp³-hybridized carbons (Fsp3) is 0.455. The van der Waals surface area contributed by atoms with Gasteiger partial charge in [-0.2, -0.15) is 10.1 Å². The van der Waals surface area contributed by atoms with Crippen molar-refractivity contribution in [1.82, 2.24) is 25.1 Å². The number of amides is 1. The molecule has 3 N–H and O–H groups in total. The van der Waals surface area contributed by atoms with Gasteiger partial charge in [-0.05, 0) is 74.9 Å². The smallest absolute Gasteiger partial charge is 0.264 e. The molecule has 0 unspecified atom stereocenters. The lowest BCUT2D eigenvalue weighted by Gasteiger charge is -2.25. The Morgan fingerprint density at radius 1 is 1.04 bits per heavy atom. The minimum absolute atomic E-state index is 0.0967. The molecule has 1 amide bonds. The maximum absolute atomic E-state index is 13.6. The molecule has 2 aromatic carbocycles. The van der Waals surface area contributed by atoms with Gasteiger partial charge in [0.1, 0.15) is 5.69 Å². The summed E-state index contributed by atoms with van der Waals surface area (Å²) in [6, 6.07) is 13.2. The standard InChI is InChI=1S/C33H43N7O5S/c1-4-5-19-35-33-36-22-29-30(38-40(31(29)37-33)26-13-15-27(41)16-14-26)23-9-17-28(18-10-23)46(43,44)39(2)25-11-7-24(8-12-25)32(42)34-20-6-21-45-3/h7-12,17-18,22,26-27,41H,4-6,13-16,19-21H2,1-3H3,(H,34,42)(H,35,36,37)/t26-,27+. The summed E-state index contributed by atoms with van der Waals surface area (Å²) in [5, 5.41) is 22.0. The predicted octanol–water partition coefficient (Wildman–Crippen LogP) is 4.77. The third kappa shape index (κ3) is 7.48. The van der Waals surface area contributed by atoms with Gasteiger partial charge in [-0.3, -0.25) is 9.10 Å². The van der Waals surface area contributed by atoms with Gasteiger partial charge in [-0.25, -0.2) is 18.1 Å². The Morgan fingerprint density at radius 3 is 2.43 bits per heavy atom. The van der Waals surface area contributed by atoms with Gasteiger partial charge in [-0.1, -0.05) is 25.5 Å². The second kappa shape index (κ2) is 15.0. The van der Waals surface area contributed by atoms with Crippen LogP contribution in [0.5, 0.6) is 0 Å². The topological polar surface area (TPSA) is 152 Å². The quantitative estimate of drug-likeness (QED) is 0.164. The van der Waals surface area contributed by atoms with E-state index in [4.69, 9.17) is 14.8 Å². The minimum atomic E-state index is -3.88. The highest BCUT2D eigenvalue weighted by Gasteiger charge is 2.27. The van der Waals surface area contributed by atoms with Crippen LogP contribution in [0.3, 0.4) is 0 Å². The molecule has 0 spiro atoms. The lowest BCUT2D eigenvalue weighted by atomic mass is 9.93. The van der Waals surface area contributed by atoms with Gasteiger partial charge in [0.05, 0.1) is 28.1 Å². The molecule has 5 rings (SSSR count). The van der Waals surface area contributed by atoms with Crippen LogP contribution in [-0.2, 0) is 14.8 Å². The van der Waals surface area contributed by atoms with Crippen molar-refractivity contribution in [2.24, 2.45) is 0 Å². The number of hydrogen-bond donors (Lipinski definition) is 3. The van der Waals surface area contributed by atoms with Gasteiger partial charge in [0.2, 0.25) is 5.95 Å². The highest BCUT2D eigenvalue weighted by atomic mass is 32.2. The monoisotopic (exact) mass is 649 g/mol. The molecule has 1 aliphatic rings. The van der Waals surface area contributed by atoms with E-state index in [0.717, 1.165) is 43.2 Å². The van der Waals surface area contributed by atoms with Crippen molar-refractivity contribution in [2.75, 3.05) is 43.5 Å². The van der Waals surface area contributed by atoms with E-state index in [1.165, 1.54) is 11.4 Å². The van der Waals surface area contributed by atoms with E-state index in [9.17, 15) is 18.3 Å². The summed E-state index contributed by atoms with van der Waals surface area (Å²) in [5.74, 6) is 0.318. The van der Waals surface area contributed by atoms with Gasteiger partial charge in [-0.15, -0.1) is 0 Å². The molecule has 0 saturated heterocycles. The Morgan fingerprint density at radius 2 is 1.76 bits per heavy atom. The van der Waals surface area contributed by atoms with Gasteiger partial charge < -0.3 is 20.5 Å². The molecule has 12 nitrogen and oxygen atoms in total. The number of anilines is 2. The first-order valence-corrected chi connectivity index (χ1v) is 17.3. The van der Waals surface area contributed by atoms with Gasteiger partial charge in [0.25, 0.3) is 15.9 Å². The second-order valence-corrected chi connectivity index (χ2v) is 13.6. The van der Waals surface area contributed by atoms with Crippen LogP contribution in [0.4, 0.5) is 11.6 Å². The third-order valence-corrected chi connectivity index (χ3v) is 10.2. The number of carbonyl (C=O) groups is 1. The first-order valence-electron chi connectivity index (χ1n) is 15.9. The van der Waals surface area contributed by atoms with Crippen molar-refractivity contribution in [3.8, 4) is 11.3 Å². The Hall–Kier alpha value is -4.07. The van der Waals surface area contributed by atoms with E-state index in [1.54, 1.807) is 61.8 Å². The van der Waals surface area contributed by atoms with E-state index in [1.807, 2.05) is 4.68 Å². The number of fused-ring (bicyclic) bond motifs is 1. The molecule has 246 valence electrons. The first-order chi connectivity index (χ1) is 22.2. The molecular formula is C33H43N7O5S. The highest BCUT2D eigenvalue weighted by molar-refractivity contribution is 7.92. The van der Waals surface area contributed by atoms with Crippen molar-refractivity contribution in [3.63, 3.8) is 0 Å². The van der Waals surface area contributed by atoms with E-state index < -0.39 is 10.0 Å². The number of ether oxygens (including phenoxy) is 1. The molecule has 0 atom stereocenters. The van der Waals surface area contributed by atoms with Crippen molar-refractivity contribution in [1.29, 1.82) is 0 Å². The number of hydrogen-bond acceptors (Lipinski definition) is 9. The fourth-order valence-corrected chi connectivity index (χ4v) is 6.78. The first kappa shape index (κ1) is 33.3. The van der Waals surface area contributed by atoms with Crippen LogP contribution in [-0.4, -0.2) is 79.1 Å². The molecule has 4 aromatic rings. The molecule has 2 heterocycles. The van der Waals surface area contributed by atoms with Gasteiger partial charge in [0, 0.05) is 51.2 Å². The second-order valence-electron chi connectivity index (χ2n) is 11.6. The molecule has 1 saturated carbocycles. The van der Waals surface area contributed by atoms with Crippen LogP contribution in [0, 0.1) is 0 Å². The third-order valence-electron chi connectivity index (χ3n) is 8.36. The summed E-state index contributed by atoms with van der Waals surface area (Å²) < 4.78 is 35.3. The summed E-state index contributed by atoms with van der Waals surface area (Å²) in [4.78, 5) is 21.9. The van der Waals surface area contributed by atoms with Crippen LogP contribution in [0.15, 0.2) is 59.6 Å². The number of methoxy groups -OCH3 is 1. The lowest BCUT2D eigenvalue weighted by Crippen LogP contribution is -2.27. The molecular weight excluding hydrogens is 606 g/mol. The van der Waals surface area contributed by atoms with Crippen molar-refractivity contribution >= 4 is 38.6 Å². The van der Waals surface area contributed by atoms with Crippen LogP contribution in [0.2, 0.25) is 0 Å². The fourth-order valence-electron chi connectivity index (χ4n) is 5.58. The van der Waals surface area contributed by atoms with Crippen molar-refractivity contribution in [3.05, 3.63) is 60.3 Å². The number of carbonyl (C=O) groups excluding carboxylic acids is 1. The Kier molecular flexibility index (Phi) is 10.9. The summed E-state index contributed by atoms with van der Waals surface area (Å²) in [6.45, 7) is 3.95. The molecule has 13 heteroatoms. The molecule has 2 aromatic heterocycles. The average Bonchev–Trinajstić information content (AvgIpc) is 3.45. The number of aromatic nitrogens is 4. The summed E-state index contributed by atoms with van der Waals surface area (Å²) in [6.07, 6.45) is 7.26. The zero-order valence-electron chi connectivity index (χ0n) is 26.6. The minimum Gasteiger partial charge on any atom is -0.393 e. The summed E-state index contributed by atoms with van der Waals surface area (Å²) in [5.41, 5.74) is 3.02. The summed E-state index contributed by atoms with van der Waals surface area (Å²) in [7, 11) is -0.785. The largest absolute Gasteiger partial charge is 0.393 e. The number of aliphatic hydroxyl groups excluding tert-OH is 1. The normalized spacial score (nSPS) is 16.8. The van der Waals surface area contributed by atoms with E-state index in [-0.39, 0.29) is 22.9 Å². The number of sulfonamides is 1. The van der Waals surface area contributed by atoms with E-state index in [2.05, 4.69) is 22.5 Å². The zero-order chi connectivity index (χ0) is 32.7. The molecule has 1 aliphatic carbocycles. The molecule has 0 bridgehead atoms. The Bertz CT molecular complexity index is 1720. The molecule has 1 fully saturated rings. The maximum Gasteiger partial charge on any atom is 0.264 e. The predicted molar refractivity (Wildman–Crippen MR) is 179 cm³/mol. The van der Waals surface area contributed by atoms with Crippen LogP contribution in [0.1, 0.15) is 68.3 Å². The number of benzene rings is 2. The molecule has 0 aliphatic heterocycles. The maximum atomic E-state index is 13.6. The Balaban J connectivity index is 1.37. The van der Waals surface area contributed by atoms with Gasteiger partial charge in [0.15, 0.2) is 5.65 Å². The van der Waals surface area contributed by atoms with Crippen LogP contribution < -0.4 is 14.9 Å². The highest BCUT2D eigenvalue weighted by Crippen LogP contribution is 2.35. The Labute approximate surface area is 270 Å². The summed E-state index contributed by atoms with van der Waals surface area (Å²) >= 11 is 0. The molecule has 46 heavy (non-hydrogen) atoms. The van der Waals surface area contributed by atoms with Crippen molar-refractivity contribution in [2.45, 2.75) is 68.9 Å². The number of nitrogens with one attached hydrogen (secondary N) is 2. The lowest BCUT2D eigenvalue weighted by molar-refractivity contribution is 0.0948. The van der Waals surface area contributed by atoms with Crippen molar-refractivity contribution < 1.29 is 23.1 Å². The van der Waals surface area contributed by atoms with Crippen LogP contribution >= 0.6 is 0 Å². The van der Waals surface area contributed by atoms with Crippen LogP contribution in [0.25, 0.3) is 22.3 Å². The number of aliphatic hydroxyl groups is 1. The zero-order valence-corrected chi connectivity index (χ0v) is 27.5. The van der Waals surface area contributed by atoms with E-state index in [0.29, 0.717) is 61.0 Å². The molecule has 0 radical (unpaired) electrons.